The minimum absolute atomic E-state index is 0.0452. The SMILES string of the molecule is CCN(C)CC(CC(F)(F)F)([O][Sn])C(F)(F)F. The van der Waals surface area contributed by atoms with Gasteiger partial charge in [0.1, 0.15) is 0 Å². The Labute approximate surface area is 109 Å². The molecule has 3 radical (unpaired) electrons. The number of hydrogen-bond acceptors (Lipinski definition) is 2. The first-order chi connectivity index (χ1) is 7.47. The van der Waals surface area contributed by atoms with Gasteiger partial charge >= 0.3 is 109 Å². The summed E-state index contributed by atoms with van der Waals surface area (Å²) in [4.78, 5) is 1.14. The van der Waals surface area contributed by atoms with Crippen LogP contribution in [0, 0.1) is 0 Å². The van der Waals surface area contributed by atoms with Crippen molar-refractivity contribution in [2.24, 2.45) is 0 Å². The van der Waals surface area contributed by atoms with Gasteiger partial charge in [-0.05, 0) is 0 Å². The van der Waals surface area contributed by atoms with Crippen molar-refractivity contribution in [2.75, 3.05) is 20.1 Å². The molecule has 1 atom stereocenters. The predicted molar refractivity (Wildman–Crippen MR) is 49.5 cm³/mol. The third kappa shape index (κ3) is 5.21. The summed E-state index contributed by atoms with van der Waals surface area (Å²) in [6.07, 6.45) is -12.0. The Bertz CT molecular complexity index is 243. The van der Waals surface area contributed by atoms with Gasteiger partial charge in [0.05, 0.1) is 0 Å². The molecule has 0 bridgehead atoms. The van der Waals surface area contributed by atoms with Crippen LogP contribution in [0.2, 0.25) is 0 Å². The predicted octanol–water partition coefficient (Wildman–Crippen LogP) is 2.29. The molecular weight excluding hydrogens is 359 g/mol. The zero-order valence-corrected chi connectivity index (χ0v) is 12.1. The first-order valence-corrected chi connectivity index (χ1v) is 5.80. The Morgan fingerprint density at radius 2 is 1.59 bits per heavy atom. The number of nitrogens with zero attached hydrogens (tertiary/aromatic N) is 1. The Morgan fingerprint density at radius 3 is 1.82 bits per heavy atom. The maximum atomic E-state index is 12.8. The summed E-state index contributed by atoms with van der Waals surface area (Å²) < 4.78 is 79.3. The van der Waals surface area contributed by atoms with E-state index in [-0.39, 0.29) is 29.5 Å². The molecule has 0 aromatic heterocycles. The van der Waals surface area contributed by atoms with Crippen LogP contribution in [-0.2, 0) is 3.07 Å². The van der Waals surface area contributed by atoms with Crippen LogP contribution in [0.5, 0.6) is 0 Å². The average Bonchev–Trinajstić information content (AvgIpc) is 2.12. The summed E-state index contributed by atoms with van der Waals surface area (Å²) in [6, 6.07) is 0. The van der Waals surface area contributed by atoms with Crippen molar-refractivity contribution in [3.63, 3.8) is 0 Å². The first kappa shape index (κ1) is 17.3. The van der Waals surface area contributed by atoms with E-state index in [0.29, 0.717) is 0 Å². The molecule has 0 aliphatic heterocycles. The molecule has 0 saturated heterocycles. The van der Waals surface area contributed by atoms with Crippen molar-refractivity contribution in [3.05, 3.63) is 0 Å². The number of alkyl halides is 6. The molecule has 0 aliphatic carbocycles. The van der Waals surface area contributed by atoms with Crippen molar-refractivity contribution < 1.29 is 29.4 Å². The van der Waals surface area contributed by atoms with E-state index in [0.717, 1.165) is 4.90 Å². The molecule has 1 unspecified atom stereocenters. The van der Waals surface area contributed by atoms with Crippen molar-refractivity contribution in [1.82, 2.24) is 4.90 Å². The van der Waals surface area contributed by atoms with Gasteiger partial charge in [-0.1, -0.05) is 0 Å². The van der Waals surface area contributed by atoms with E-state index in [1.54, 1.807) is 6.92 Å². The number of rotatable bonds is 5. The van der Waals surface area contributed by atoms with E-state index in [4.69, 9.17) is 0 Å². The Balaban J connectivity index is 5.17. The molecular formula is C8H12F6NOSn. The van der Waals surface area contributed by atoms with Crippen molar-refractivity contribution in [2.45, 2.75) is 31.3 Å². The summed E-state index contributed by atoms with van der Waals surface area (Å²) >= 11 is -0.0452. The summed E-state index contributed by atoms with van der Waals surface area (Å²) in [5, 5.41) is 0. The van der Waals surface area contributed by atoms with Crippen LogP contribution in [0.25, 0.3) is 0 Å². The van der Waals surface area contributed by atoms with Crippen molar-refractivity contribution >= 4 is 22.9 Å². The van der Waals surface area contributed by atoms with E-state index < -0.39 is 30.9 Å². The van der Waals surface area contributed by atoms with Gasteiger partial charge < -0.3 is 0 Å². The second kappa shape index (κ2) is 5.96. The van der Waals surface area contributed by atoms with E-state index in [2.05, 4.69) is 3.07 Å². The van der Waals surface area contributed by atoms with Crippen LogP contribution in [0.4, 0.5) is 26.3 Å². The molecule has 9 heteroatoms. The summed E-state index contributed by atoms with van der Waals surface area (Å²) in [6.45, 7) is 0.921. The Morgan fingerprint density at radius 1 is 1.12 bits per heavy atom. The average molecular weight is 371 g/mol. The molecule has 0 aromatic carbocycles. The van der Waals surface area contributed by atoms with E-state index in [1.165, 1.54) is 7.05 Å². The third-order valence-corrected chi connectivity index (χ3v) is 3.38. The van der Waals surface area contributed by atoms with Gasteiger partial charge in [0.15, 0.2) is 0 Å². The number of hydrogen-bond donors (Lipinski definition) is 0. The van der Waals surface area contributed by atoms with Gasteiger partial charge in [0.2, 0.25) is 0 Å². The summed E-state index contributed by atoms with van der Waals surface area (Å²) in [5.74, 6) is 0. The fraction of sp³-hybridized carbons (Fsp3) is 1.00. The second-order valence-corrected chi connectivity index (χ2v) is 4.30. The topological polar surface area (TPSA) is 12.5 Å². The fourth-order valence-corrected chi connectivity index (χ4v) is 1.96. The van der Waals surface area contributed by atoms with Gasteiger partial charge in [-0.2, -0.15) is 0 Å². The van der Waals surface area contributed by atoms with Gasteiger partial charge in [-0.15, -0.1) is 0 Å². The zero-order valence-electron chi connectivity index (χ0n) is 9.24. The van der Waals surface area contributed by atoms with Crippen molar-refractivity contribution in [3.8, 4) is 0 Å². The molecule has 0 aromatic rings. The standard InChI is InChI=1S/C8H12F6NO.Sn/c1-3-15(2)5-6(16,8(12,13)14)4-7(9,10)11;/h3-5H2,1-2H3;/q-1;+1. The Kier molecular flexibility index (Phi) is 6.06. The molecule has 17 heavy (non-hydrogen) atoms. The second-order valence-electron chi connectivity index (χ2n) is 3.72. The van der Waals surface area contributed by atoms with Crippen LogP contribution in [0.1, 0.15) is 13.3 Å². The van der Waals surface area contributed by atoms with E-state index in [1.807, 2.05) is 0 Å². The molecule has 0 aliphatic rings. The van der Waals surface area contributed by atoms with Crippen LogP contribution in [-0.4, -0.2) is 65.9 Å². The molecule has 0 heterocycles. The van der Waals surface area contributed by atoms with Crippen LogP contribution in [0.15, 0.2) is 0 Å². The quantitative estimate of drug-likeness (QED) is 0.544. The number of likely N-dealkylation sites (N-methyl/N-ethyl adjacent to an activating group) is 1. The van der Waals surface area contributed by atoms with Gasteiger partial charge in [-0.3, -0.25) is 0 Å². The zero-order chi connectivity index (χ0) is 13.9. The summed E-state index contributed by atoms with van der Waals surface area (Å²) in [7, 11) is 1.31. The van der Waals surface area contributed by atoms with Gasteiger partial charge in [0.25, 0.3) is 0 Å². The van der Waals surface area contributed by atoms with Crippen LogP contribution < -0.4 is 0 Å². The van der Waals surface area contributed by atoms with Crippen molar-refractivity contribution in [1.29, 1.82) is 0 Å². The van der Waals surface area contributed by atoms with Gasteiger partial charge in [-0.25, -0.2) is 0 Å². The Hall–Kier alpha value is 0.299. The van der Waals surface area contributed by atoms with Gasteiger partial charge in [0, 0.05) is 0 Å². The third-order valence-electron chi connectivity index (χ3n) is 2.26. The molecule has 0 spiro atoms. The van der Waals surface area contributed by atoms with Crippen LogP contribution >= 0.6 is 0 Å². The molecule has 0 rings (SSSR count). The molecule has 0 fully saturated rings. The molecule has 2 nitrogen and oxygen atoms in total. The summed E-state index contributed by atoms with van der Waals surface area (Å²) in [5.41, 5.74) is -3.17. The minimum atomic E-state index is -5.06. The number of halogens is 6. The molecule has 0 amide bonds. The molecule has 0 N–H and O–H groups in total. The molecule has 0 saturated carbocycles. The van der Waals surface area contributed by atoms with Crippen LogP contribution in [0.3, 0.4) is 0 Å². The normalized spacial score (nSPS) is 17.3. The molecule has 101 valence electrons. The monoisotopic (exact) mass is 372 g/mol. The fourth-order valence-electron chi connectivity index (χ4n) is 1.24. The maximum absolute atomic E-state index is 12.8. The van der Waals surface area contributed by atoms with E-state index in [9.17, 15) is 26.3 Å². The first-order valence-electron chi connectivity index (χ1n) is 4.64. The van der Waals surface area contributed by atoms with E-state index >= 15 is 0 Å².